The minimum Gasteiger partial charge on any atom is -0.460 e. The van der Waals surface area contributed by atoms with Crippen molar-refractivity contribution in [2.45, 2.75) is 6.92 Å². The minimum absolute atomic E-state index is 0.116. The molecule has 0 atom stereocenters. The zero-order valence-electron chi connectivity index (χ0n) is 11.7. The van der Waals surface area contributed by atoms with Gasteiger partial charge in [0.15, 0.2) is 11.3 Å². The quantitative estimate of drug-likeness (QED) is 0.665. The smallest absolute Gasteiger partial charge is 0.374 e. The Morgan fingerprint density at radius 1 is 1.27 bits per heavy atom. The number of furan rings is 1. The number of esters is 1. The maximum absolute atomic E-state index is 11.7. The predicted octanol–water partition coefficient (Wildman–Crippen LogP) is 4.45. The molecule has 6 heteroatoms. The number of fused-ring (bicyclic) bond motifs is 1. The number of carbonyl (C=O) groups excluding carboxylic acids is 1. The molecular formula is C16H12ClNO4. The van der Waals surface area contributed by atoms with E-state index in [2.05, 4.69) is 4.98 Å². The van der Waals surface area contributed by atoms with Crippen molar-refractivity contribution in [3.8, 4) is 11.5 Å². The lowest BCUT2D eigenvalue weighted by molar-refractivity contribution is 0.0492. The van der Waals surface area contributed by atoms with Gasteiger partial charge in [0.2, 0.25) is 5.76 Å². The Morgan fingerprint density at radius 2 is 2.05 bits per heavy atom. The summed E-state index contributed by atoms with van der Waals surface area (Å²) >= 11 is 5.84. The summed E-state index contributed by atoms with van der Waals surface area (Å²) in [4.78, 5) is 15.8. The highest BCUT2D eigenvalue weighted by molar-refractivity contribution is 6.30. The Kier molecular flexibility index (Phi) is 3.98. The Labute approximate surface area is 131 Å². The molecule has 0 fully saturated rings. The van der Waals surface area contributed by atoms with Crippen LogP contribution in [-0.2, 0) is 4.74 Å². The van der Waals surface area contributed by atoms with Gasteiger partial charge < -0.3 is 13.9 Å². The van der Waals surface area contributed by atoms with E-state index in [0.717, 1.165) is 0 Å². The number of hydrogen-bond donors (Lipinski definition) is 0. The largest absolute Gasteiger partial charge is 0.460 e. The van der Waals surface area contributed by atoms with Crippen LogP contribution >= 0.6 is 11.6 Å². The number of hydrogen-bond acceptors (Lipinski definition) is 5. The van der Waals surface area contributed by atoms with Crippen molar-refractivity contribution >= 4 is 28.5 Å². The molecule has 0 aliphatic carbocycles. The number of ether oxygens (including phenoxy) is 2. The van der Waals surface area contributed by atoms with Gasteiger partial charge in [0.25, 0.3) is 0 Å². The van der Waals surface area contributed by atoms with Crippen LogP contribution in [0.5, 0.6) is 11.5 Å². The summed E-state index contributed by atoms with van der Waals surface area (Å²) in [6.07, 6.45) is 3.08. The van der Waals surface area contributed by atoms with Gasteiger partial charge in [0.1, 0.15) is 5.75 Å². The van der Waals surface area contributed by atoms with Crippen LogP contribution in [0.4, 0.5) is 0 Å². The van der Waals surface area contributed by atoms with Crippen molar-refractivity contribution in [1.29, 1.82) is 0 Å². The molecule has 0 amide bonds. The Hall–Kier alpha value is -2.53. The first kappa shape index (κ1) is 14.4. The van der Waals surface area contributed by atoms with E-state index in [1.165, 1.54) is 6.20 Å². The Bertz CT molecular complexity index is 811. The van der Waals surface area contributed by atoms with Crippen LogP contribution in [0.1, 0.15) is 17.5 Å². The second kappa shape index (κ2) is 6.07. The van der Waals surface area contributed by atoms with Gasteiger partial charge in [-0.1, -0.05) is 11.6 Å². The summed E-state index contributed by atoms with van der Waals surface area (Å²) in [5.41, 5.74) is 0.453. The average Bonchev–Trinajstić information content (AvgIpc) is 2.95. The molecular weight excluding hydrogens is 306 g/mol. The zero-order valence-corrected chi connectivity index (χ0v) is 12.5. The number of aromatic nitrogens is 1. The molecule has 3 aromatic rings. The fourth-order valence-electron chi connectivity index (χ4n) is 1.95. The van der Waals surface area contributed by atoms with Gasteiger partial charge in [-0.25, -0.2) is 4.79 Å². The summed E-state index contributed by atoms with van der Waals surface area (Å²) in [7, 11) is 0. The van der Waals surface area contributed by atoms with Crippen LogP contribution in [-0.4, -0.2) is 17.6 Å². The fraction of sp³-hybridized carbons (Fsp3) is 0.125. The SMILES string of the molecule is CCOC(=O)c1cc2c(Oc3ccc(Cl)cc3)cncc2o1. The lowest BCUT2D eigenvalue weighted by atomic mass is 10.3. The summed E-state index contributed by atoms with van der Waals surface area (Å²) in [5.74, 6) is 0.693. The first-order chi connectivity index (χ1) is 10.7. The van der Waals surface area contributed by atoms with E-state index in [1.54, 1.807) is 43.5 Å². The van der Waals surface area contributed by atoms with Crippen molar-refractivity contribution in [2.75, 3.05) is 6.61 Å². The number of nitrogens with zero attached hydrogens (tertiary/aromatic N) is 1. The van der Waals surface area contributed by atoms with Gasteiger partial charge in [0, 0.05) is 11.1 Å². The van der Waals surface area contributed by atoms with Crippen molar-refractivity contribution < 1.29 is 18.7 Å². The third kappa shape index (κ3) is 2.89. The molecule has 2 aromatic heterocycles. The second-order valence-electron chi connectivity index (χ2n) is 4.44. The number of pyridine rings is 1. The molecule has 0 bridgehead atoms. The molecule has 112 valence electrons. The van der Waals surface area contributed by atoms with Gasteiger partial charge in [-0.3, -0.25) is 4.98 Å². The highest BCUT2D eigenvalue weighted by Crippen LogP contribution is 2.31. The lowest BCUT2D eigenvalue weighted by Gasteiger charge is -2.05. The number of rotatable bonds is 4. The molecule has 0 N–H and O–H groups in total. The minimum atomic E-state index is -0.517. The van der Waals surface area contributed by atoms with Crippen molar-refractivity contribution in [2.24, 2.45) is 0 Å². The van der Waals surface area contributed by atoms with Gasteiger partial charge in [0.05, 0.1) is 24.4 Å². The molecule has 5 nitrogen and oxygen atoms in total. The molecule has 0 aliphatic heterocycles. The van der Waals surface area contributed by atoms with Crippen LogP contribution < -0.4 is 4.74 Å². The van der Waals surface area contributed by atoms with Crippen LogP contribution in [0.15, 0.2) is 47.1 Å². The predicted molar refractivity (Wildman–Crippen MR) is 81.5 cm³/mol. The van der Waals surface area contributed by atoms with Gasteiger partial charge >= 0.3 is 5.97 Å². The van der Waals surface area contributed by atoms with E-state index in [-0.39, 0.29) is 12.4 Å². The third-order valence-electron chi connectivity index (χ3n) is 2.93. The van der Waals surface area contributed by atoms with E-state index >= 15 is 0 Å². The maximum Gasteiger partial charge on any atom is 0.374 e. The monoisotopic (exact) mass is 317 g/mol. The molecule has 0 radical (unpaired) electrons. The standard InChI is InChI=1S/C16H12ClNO4/c1-2-20-16(19)13-7-12-14(8-18-9-15(12)22-13)21-11-5-3-10(17)4-6-11/h3-9H,2H2,1H3. The van der Waals surface area contributed by atoms with Gasteiger partial charge in [-0.2, -0.15) is 0 Å². The van der Waals surface area contributed by atoms with Crippen molar-refractivity contribution in [3.05, 3.63) is 53.5 Å². The van der Waals surface area contributed by atoms with E-state index in [0.29, 0.717) is 27.5 Å². The highest BCUT2D eigenvalue weighted by Gasteiger charge is 2.16. The molecule has 3 rings (SSSR count). The van der Waals surface area contributed by atoms with E-state index < -0.39 is 5.97 Å². The average molecular weight is 318 g/mol. The van der Waals surface area contributed by atoms with Gasteiger partial charge in [-0.05, 0) is 31.2 Å². The second-order valence-corrected chi connectivity index (χ2v) is 4.87. The molecule has 2 heterocycles. The molecule has 0 aliphatic rings. The number of benzene rings is 1. The first-order valence-electron chi connectivity index (χ1n) is 6.65. The summed E-state index contributed by atoms with van der Waals surface area (Å²) in [6, 6.07) is 8.52. The van der Waals surface area contributed by atoms with E-state index in [1.807, 2.05) is 0 Å². The summed E-state index contributed by atoms with van der Waals surface area (Å²) < 4.78 is 16.1. The fourth-order valence-corrected chi connectivity index (χ4v) is 2.08. The normalized spacial score (nSPS) is 10.6. The Balaban J connectivity index is 1.95. The summed E-state index contributed by atoms with van der Waals surface area (Å²) in [6.45, 7) is 2.01. The molecule has 0 spiro atoms. The van der Waals surface area contributed by atoms with Crippen LogP contribution in [0.2, 0.25) is 5.02 Å². The molecule has 22 heavy (non-hydrogen) atoms. The topological polar surface area (TPSA) is 61.6 Å². The lowest BCUT2D eigenvalue weighted by Crippen LogP contribution is -2.02. The Morgan fingerprint density at radius 3 is 2.77 bits per heavy atom. The third-order valence-corrected chi connectivity index (χ3v) is 3.18. The van der Waals surface area contributed by atoms with Crippen LogP contribution in [0, 0.1) is 0 Å². The molecule has 1 aromatic carbocycles. The van der Waals surface area contributed by atoms with Crippen molar-refractivity contribution in [3.63, 3.8) is 0 Å². The number of carbonyl (C=O) groups is 1. The van der Waals surface area contributed by atoms with Crippen LogP contribution in [0.25, 0.3) is 11.0 Å². The number of halogens is 1. The van der Waals surface area contributed by atoms with Crippen molar-refractivity contribution in [1.82, 2.24) is 4.98 Å². The van der Waals surface area contributed by atoms with E-state index in [4.69, 9.17) is 25.5 Å². The van der Waals surface area contributed by atoms with E-state index in [9.17, 15) is 4.79 Å². The molecule has 0 unspecified atom stereocenters. The molecule has 0 saturated heterocycles. The highest BCUT2D eigenvalue weighted by atomic mass is 35.5. The maximum atomic E-state index is 11.7. The van der Waals surface area contributed by atoms with Gasteiger partial charge in [-0.15, -0.1) is 0 Å². The first-order valence-corrected chi connectivity index (χ1v) is 7.03. The van der Waals surface area contributed by atoms with Crippen LogP contribution in [0.3, 0.4) is 0 Å². The summed E-state index contributed by atoms with van der Waals surface area (Å²) in [5, 5.41) is 1.27. The molecule has 0 saturated carbocycles. The zero-order chi connectivity index (χ0) is 15.5.